The highest BCUT2D eigenvalue weighted by Crippen LogP contribution is 2.34. The lowest BCUT2D eigenvalue weighted by molar-refractivity contribution is 0.157. The predicted molar refractivity (Wildman–Crippen MR) is 126 cm³/mol. The van der Waals surface area contributed by atoms with Gasteiger partial charge in [-0.25, -0.2) is 0 Å². The summed E-state index contributed by atoms with van der Waals surface area (Å²) in [6.07, 6.45) is 1.79. The van der Waals surface area contributed by atoms with Crippen LogP contribution in [-0.4, -0.2) is 27.3 Å². The Morgan fingerprint density at radius 2 is 1.62 bits per heavy atom. The van der Waals surface area contributed by atoms with Crippen LogP contribution in [0.5, 0.6) is 5.75 Å². The second-order valence-electron chi connectivity index (χ2n) is 8.78. The minimum Gasteiger partial charge on any atom is -0.508 e. The molecule has 4 aromatic rings. The molecule has 0 saturated heterocycles. The second kappa shape index (κ2) is 8.26. The van der Waals surface area contributed by atoms with Crippen molar-refractivity contribution in [3.05, 3.63) is 111 Å². The van der Waals surface area contributed by atoms with Crippen molar-refractivity contribution in [3.8, 4) is 5.75 Å². The van der Waals surface area contributed by atoms with Gasteiger partial charge in [-0.3, -0.25) is 4.79 Å². The first-order valence-electron chi connectivity index (χ1n) is 10.9. The minimum absolute atomic E-state index is 0.0145. The Kier molecular flexibility index (Phi) is 5.29. The molecule has 1 aliphatic carbocycles. The maximum atomic E-state index is 11.7. The number of H-pyrrole nitrogens is 1. The van der Waals surface area contributed by atoms with Crippen molar-refractivity contribution in [2.45, 2.75) is 30.9 Å². The number of β-amino-alcohol motifs (C(OH)–C–C–N with tert-alkyl or cyclic N) is 1. The fourth-order valence-electron chi connectivity index (χ4n) is 4.97. The highest BCUT2D eigenvalue weighted by molar-refractivity contribution is 5.84. The van der Waals surface area contributed by atoms with Gasteiger partial charge >= 0.3 is 0 Å². The van der Waals surface area contributed by atoms with Gasteiger partial charge in [0.05, 0.1) is 11.6 Å². The monoisotopic (exact) mass is 426 g/mol. The van der Waals surface area contributed by atoms with Crippen LogP contribution in [-0.2, 0) is 19.3 Å². The van der Waals surface area contributed by atoms with E-state index in [1.807, 2.05) is 6.07 Å². The minimum atomic E-state index is -0.841. The summed E-state index contributed by atoms with van der Waals surface area (Å²) in [5.74, 6) is 0.0145. The predicted octanol–water partition coefficient (Wildman–Crippen LogP) is 3.64. The van der Waals surface area contributed by atoms with Crippen molar-refractivity contribution in [3.63, 3.8) is 0 Å². The molecule has 5 heteroatoms. The second-order valence-corrected chi connectivity index (χ2v) is 8.78. The van der Waals surface area contributed by atoms with Crippen LogP contribution in [0.2, 0.25) is 0 Å². The van der Waals surface area contributed by atoms with Crippen LogP contribution in [0.1, 0.15) is 28.4 Å². The summed E-state index contributed by atoms with van der Waals surface area (Å²) in [5.41, 5.74) is 4.59. The summed E-state index contributed by atoms with van der Waals surface area (Å²) < 4.78 is 0. The number of aromatic amines is 1. The lowest BCUT2D eigenvalue weighted by Gasteiger charge is -2.32. The number of pyridine rings is 1. The molecule has 0 bridgehead atoms. The Morgan fingerprint density at radius 3 is 2.34 bits per heavy atom. The Bertz CT molecular complexity index is 1290. The van der Waals surface area contributed by atoms with Gasteiger partial charge in [0.2, 0.25) is 5.56 Å². The van der Waals surface area contributed by atoms with E-state index in [1.165, 1.54) is 28.8 Å². The highest BCUT2D eigenvalue weighted by atomic mass is 16.3. The van der Waals surface area contributed by atoms with Crippen LogP contribution < -0.4 is 10.9 Å². The molecule has 32 heavy (non-hydrogen) atoms. The number of aliphatic hydroxyl groups excluding tert-OH is 1. The molecule has 1 atom stereocenters. The lowest BCUT2D eigenvalue weighted by Crippen LogP contribution is -2.49. The molecule has 4 N–H and O–H groups in total. The quantitative estimate of drug-likeness (QED) is 0.379. The zero-order valence-corrected chi connectivity index (χ0v) is 17.7. The molecule has 0 aliphatic heterocycles. The number of hydrogen-bond acceptors (Lipinski definition) is 4. The van der Waals surface area contributed by atoms with Crippen molar-refractivity contribution in [1.82, 2.24) is 10.3 Å². The smallest absolute Gasteiger partial charge is 0.248 e. The van der Waals surface area contributed by atoms with Gasteiger partial charge in [-0.2, -0.15) is 0 Å². The summed E-state index contributed by atoms with van der Waals surface area (Å²) in [7, 11) is 0. The van der Waals surface area contributed by atoms with Gasteiger partial charge in [0.25, 0.3) is 0 Å². The van der Waals surface area contributed by atoms with Crippen LogP contribution in [0.4, 0.5) is 0 Å². The third-order valence-electron chi connectivity index (χ3n) is 6.45. The summed E-state index contributed by atoms with van der Waals surface area (Å²) in [4.78, 5) is 14.4. The molecule has 0 spiro atoms. The molecule has 3 aromatic carbocycles. The number of hydrogen-bond donors (Lipinski definition) is 4. The standard InChI is InChI=1S/C27H26N2O3/c30-21-12-23(22-10-11-26(32)29-24(22)13-21)25(31)17-28-27(14-18-6-2-1-3-7-18)15-19-8-4-5-9-20(19)16-27/h1-13,25,28,30-31H,14-17H2,(H,29,32)/t25-/m0/s1. The molecule has 1 heterocycles. The van der Waals surface area contributed by atoms with Crippen molar-refractivity contribution in [2.24, 2.45) is 0 Å². The number of fused-ring (bicyclic) bond motifs is 2. The molecular weight excluding hydrogens is 400 g/mol. The van der Waals surface area contributed by atoms with Crippen LogP contribution in [0, 0.1) is 0 Å². The van der Waals surface area contributed by atoms with Crippen LogP contribution in [0.3, 0.4) is 0 Å². The number of aliphatic hydroxyl groups is 1. The van der Waals surface area contributed by atoms with Crippen LogP contribution in [0.25, 0.3) is 10.9 Å². The molecule has 1 aromatic heterocycles. The summed E-state index contributed by atoms with van der Waals surface area (Å²) in [5, 5.41) is 25.7. The van der Waals surface area contributed by atoms with E-state index >= 15 is 0 Å². The van der Waals surface area contributed by atoms with Crippen molar-refractivity contribution in [2.75, 3.05) is 6.54 Å². The zero-order chi connectivity index (χ0) is 22.1. The molecule has 0 saturated carbocycles. The SMILES string of the molecule is O=c1ccc2c([C@@H](O)CNC3(Cc4ccccc4)Cc4ccccc4C3)cc(O)cc2[nH]1. The van der Waals surface area contributed by atoms with E-state index in [0.29, 0.717) is 17.6 Å². The maximum Gasteiger partial charge on any atom is 0.248 e. The number of rotatable bonds is 6. The Balaban J connectivity index is 1.43. The first-order valence-corrected chi connectivity index (χ1v) is 10.9. The number of nitrogens with one attached hydrogen (secondary N) is 2. The van der Waals surface area contributed by atoms with E-state index in [0.717, 1.165) is 24.6 Å². The van der Waals surface area contributed by atoms with Crippen molar-refractivity contribution < 1.29 is 10.2 Å². The van der Waals surface area contributed by atoms with Gasteiger partial charge in [-0.15, -0.1) is 0 Å². The van der Waals surface area contributed by atoms with Gasteiger partial charge < -0.3 is 20.5 Å². The maximum absolute atomic E-state index is 11.7. The lowest BCUT2D eigenvalue weighted by atomic mass is 9.87. The summed E-state index contributed by atoms with van der Waals surface area (Å²) in [6, 6.07) is 25.1. The summed E-state index contributed by atoms with van der Waals surface area (Å²) in [6.45, 7) is 0.332. The fourth-order valence-corrected chi connectivity index (χ4v) is 4.97. The number of benzene rings is 3. The van der Waals surface area contributed by atoms with Gasteiger partial charge in [-0.1, -0.05) is 54.6 Å². The van der Waals surface area contributed by atoms with E-state index in [1.54, 1.807) is 12.1 Å². The van der Waals surface area contributed by atoms with E-state index < -0.39 is 6.10 Å². The molecule has 0 unspecified atom stereocenters. The first-order chi connectivity index (χ1) is 15.5. The Morgan fingerprint density at radius 1 is 0.938 bits per heavy atom. The normalized spacial score (nSPS) is 15.5. The van der Waals surface area contributed by atoms with E-state index in [4.69, 9.17) is 0 Å². The van der Waals surface area contributed by atoms with Crippen molar-refractivity contribution >= 4 is 10.9 Å². The average molecular weight is 427 g/mol. The van der Waals surface area contributed by atoms with Gasteiger partial charge in [-0.05, 0) is 53.6 Å². The molecule has 0 radical (unpaired) electrons. The number of aromatic nitrogens is 1. The topological polar surface area (TPSA) is 85.3 Å². The van der Waals surface area contributed by atoms with E-state index in [2.05, 4.69) is 58.8 Å². The largest absolute Gasteiger partial charge is 0.508 e. The van der Waals surface area contributed by atoms with E-state index in [9.17, 15) is 15.0 Å². The van der Waals surface area contributed by atoms with E-state index in [-0.39, 0.29) is 16.8 Å². The first kappa shape index (κ1) is 20.5. The molecular formula is C27H26N2O3. The van der Waals surface area contributed by atoms with Gasteiger partial charge in [0.15, 0.2) is 0 Å². The van der Waals surface area contributed by atoms with Crippen LogP contribution in [0.15, 0.2) is 83.7 Å². The summed E-state index contributed by atoms with van der Waals surface area (Å²) >= 11 is 0. The molecule has 0 amide bonds. The van der Waals surface area contributed by atoms with Gasteiger partial charge in [0.1, 0.15) is 5.75 Å². The molecule has 162 valence electrons. The third-order valence-corrected chi connectivity index (χ3v) is 6.45. The zero-order valence-electron chi connectivity index (χ0n) is 17.7. The van der Waals surface area contributed by atoms with Crippen molar-refractivity contribution in [1.29, 1.82) is 0 Å². The molecule has 5 nitrogen and oxygen atoms in total. The fraction of sp³-hybridized carbons (Fsp3) is 0.222. The Labute approximate surface area is 186 Å². The number of phenols is 1. The molecule has 5 rings (SSSR count). The third kappa shape index (κ3) is 4.05. The van der Waals surface area contributed by atoms with Gasteiger partial charge in [0, 0.05) is 29.6 Å². The molecule has 0 fully saturated rings. The number of aromatic hydroxyl groups is 1. The van der Waals surface area contributed by atoms with Crippen LogP contribution >= 0.6 is 0 Å². The highest BCUT2D eigenvalue weighted by Gasteiger charge is 2.37. The molecule has 1 aliphatic rings. The number of phenolic OH excluding ortho intramolecular Hbond substituents is 1. The Hall–Kier alpha value is -3.41. The average Bonchev–Trinajstić information content (AvgIpc) is 3.15.